The Labute approximate surface area is 320 Å². The number of likely N-dealkylation sites (tertiary alicyclic amines) is 2. The average Bonchev–Trinajstić information content (AvgIpc) is 3.14. The summed E-state index contributed by atoms with van der Waals surface area (Å²) in [5.41, 5.74) is 2.86. The molecule has 0 spiro atoms. The van der Waals surface area contributed by atoms with Crippen molar-refractivity contribution in [2.45, 2.75) is 103 Å². The topological polar surface area (TPSA) is 137 Å². The number of nitrogens with one attached hydrogen (secondary N) is 1. The number of carbonyl (C=O) groups excluding carboxylic acids is 3. The maximum absolute atomic E-state index is 12.5. The van der Waals surface area contributed by atoms with Crippen LogP contribution in [0, 0.1) is 0 Å². The summed E-state index contributed by atoms with van der Waals surface area (Å²) in [4.78, 5) is 40.7. The van der Waals surface area contributed by atoms with Crippen molar-refractivity contribution in [2.24, 2.45) is 0 Å². The zero-order chi connectivity index (χ0) is 38.9. The second kappa shape index (κ2) is 17.6. The number of rotatable bonds is 6. The van der Waals surface area contributed by atoms with Crippen LogP contribution in [-0.2, 0) is 19.7 Å². The van der Waals surface area contributed by atoms with Gasteiger partial charge in [0.1, 0.15) is 22.7 Å². The number of Topliss-reactive ketones (excluding diaryl/α,β-unsaturated/α-hetero) is 1. The van der Waals surface area contributed by atoms with Gasteiger partial charge < -0.3 is 34.6 Å². The Hall–Kier alpha value is -4.71. The number of anilines is 1. The van der Waals surface area contributed by atoms with Gasteiger partial charge in [0, 0.05) is 75.7 Å². The third-order valence-corrected chi connectivity index (χ3v) is 10.1. The van der Waals surface area contributed by atoms with Crippen molar-refractivity contribution < 1.29 is 29.0 Å². The van der Waals surface area contributed by atoms with Crippen LogP contribution in [0.2, 0.25) is 0 Å². The lowest BCUT2D eigenvalue weighted by Crippen LogP contribution is -2.52. The highest BCUT2D eigenvalue weighted by Gasteiger charge is 2.37. The predicted octanol–water partition coefficient (Wildman–Crippen LogP) is 6.96. The van der Waals surface area contributed by atoms with Crippen LogP contribution in [0.25, 0.3) is 11.3 Å². The monoisotopic (exact) mass is 742 g/mol. The van der Waals surface area contributed by atoms with Crippen LogP contribution in [0.3, 0.4) is 0 Å². The lowest BCUT2D eigenvalue weighted by molar-refractivity contribution is -0.121. The van der Waals surface area contributed by atoms with Crippen molar-refractivity contribution in [3.05, 3.63) is 72.4 Å². The van der Waals surface area contributed by atoms with E-state index in [-0.39, 0.29) is 29.1 Å². The molecule has 2 amide bonds. The van der Waals surface area contributed by atoms with Gasteiger partial charge in [0.05, 0.1) is 17.6 Å². The van der Waals surface area contributed by atoms with Gasteiger partial charge in [0.2, 0.25) is 0 Å². The lowest BCUT2D eigenvalue weighted by atomic mass is 9.72. The number of ether oxygens (including phenoxy) is 2. The van der Waals surface area contributed by atoms with E-state index in [4.69, 9.17) is 9.47 Å². The number of amides is 2. The molecule has 0 aliphatic carbocycles. The Balaban J connectivity index is 0.000000338. The number of para-hydroxylation sites is 1. The molecule has 0 atom stereocenters. The first-order chi connectivity index (χ1) is 25.6. The molecular weight excluding hydrogens is 684 g/mol. The molecule has 1 aromatic heterocycles. The van der Waals surface area contributed by atoms with E-state index in [1.807, 2.05) is 76.9 Å². The van der Waals surface area contributed by atoms with Gasteiger partial charge in [-0.15, -0.1) is 0 Å². The summed E-state index contributed by atoms with van der Waals surface area (Å²) in [5.74, 6) is 0.434. The number of piperidine rings is 3. The highest BCUT2D eigenvalue weighted by atomic mass is 16.6. The van der Waals surface area contributed by atoms with Gasteiger partial charge in [-0.2, -0.15) is 10.2 Å². The maximum atomic E-state index is 12.5. The van der Waals surface area contributed by atoms with Crippen LogP contribution in [0.5, 0.6) is 5.75 Å². The van der Waals surface area contributed by atoms with Crippen molar-refractivity contribution in [2.75, 3.05) is 50.7 Å². The Kier molecular flexibility index (Phi) is 13.2. The quantitative estimate of drug-likeness (QED) is 0.273. The first-order valence-corrected chi connectivity index (χ1v) is 19.2. The molecule has 6 rings (SSSR count). The summed E-state index contributed by atoms with van der Waals surface area (Å²) in [7, 11) is 0. The summed E-state index contributed by atoms with van der Waals surface area (Å²) >= 11 is 0. The number of ketones is 1. The summed E-state index contributed by atoms with van der Waals surface area (Å²) < 4.78 is 10.8. The molecule has 3 fully saturated rings. The SMILES string of the molecule is CC(C)(C)OC(=O)N1CCC(=O)CC1.CC(C)(C)OC(=O)N1CCC(NCC2(c3ccccc3)CCN(c3cnnc(-c4ccccc4O)c3)CC2)CC1. The number of phenolic OH excluding ortho intramolecular Hbond substituents is 1. The zero-order valence-corrected chi connectivity index (χ0v) is 32.8. The largest absolute Gasteiger partial charge is 0.507 e. The smallest absolute Gasteiger partial charge is 0.410 e. The fourth-order valence-corrected chi connectivity index (χ4v) is 7.10. The molecule has 4 heterocycles. The molecule has 3 aromatic rings. The lowest BCUT2D eigenvalue weighted by Gasteiger charge is -2.44. The number of benzene rings is 2. The van der Waals surface area contributed by atoms with E-state index in [1.54, 1.807) is 11.0 Å². The van der Waals surface area contributed by atoms with E-state index < -0.39 is 11.2 Å². The maximum Gasteiger partial charge on any atom is 0.410 e. The minimum absolute atomic E-state index is 0.0288. The molecule has 3 saturated heterocycles. The summed E-state index contributed by atoms with van der Waals surface area (Å²) in [6.07, 6.45) is 6.07. The number of phenols is 1. The molecule has 2 N–H and O–H groups in total. The Morgan fingerprint density at radius 2 is 1.37 bits per heavy atom. The van der Waals surface area contributed by atoms with Crippen LogP contribution < -0.4 is 10.2 Å². The van der Waals surface area contributed by atoms with Gasteiger partial charge in [0.15, 0.2) is 0 Å². The van der Waals surface area contributed by atoms with Gasteiger partial charge in [-0.1, -0.05) is 42.5 Å². The fourth-order valence-electron chi connectivity index (χ4n) is 7.10. The molecule has 3 aliphatic heterocycles. The van der Waals surface area contributed by atoms with Crippen LogP contribution >= 0.6 is 0 Å². The normalized spacial score (nSPS) is 18.0. The molecule has 0 bridgehead atoms. The second-order valence-electron chi connectivity index (χ2n) is 16.6. The molecule has 12 heteroatoms. The third-order valence-electron chi connectivity index (χ3n) is 10.1. The Morgan fingerprint density at radius 3 is 1.94 bits per heavy atom. The highest BCUT2D eigenvalue weighted by molar-refractivity contribution is 5.81. The molecule has 2 aromatic carbocycles. The number of nitrogens with zero attached hydrogens (tertiary/aromatic N) is 5. The van der Waals surface area contributed by atoms with Crippen molar-refractivity contribution in [3.63, 3.8) is 0 Å². The van der Waals surface area contributed by atoms with Crippen molar-refractivity contribution in [1.29, 1.82) is 0 Å². The van der Waals surface area contributed by atoms with Crippen LogP contribution in [0.1, 0.15) is 85.6 Å². The van der Waals surface area contributed by atoms with E-state index in [0.717, 1.165) is 51.0 Å². The van der Waals surface area contributed by atoms with E-state index in [9.17, 15) is 19.5 Å². The number of hydrogen-bond acceptors (Lipinski definition) is 10. The summed E-state index contributed by atoms with van der Waals surface area (Å²) in [6, 6.07) is 20.5. The molecule has 54 heavy (non-hydrogen) atoms. The van der Waals surface area contributed by atoms with E-state index in [1.165, 1.54) is 5.56 Å². The first-order valence-electron chi connectivity index (χ1n) is 19.2. The van der Waals surface area contributed by atoms with Gasteiger partial charge >= 0.3 is 12.2 Å². The third kappa shape index (κ3) is 11.4. The van der Waals surface area contributed by atoms with Crippen molar-refractivity contribution in [3.8, 4) is 17.0 Å². The highest BCUT2D eigenvalue weighted by Crippen LogP contribution is 2.38. The zero-order valence-electron chi connectivity index (χ0n) is 32.8. The van der Waals surface area contributed by atoms with Crippen LogP contribution in [0.15, 0.2) is 66.9 Å². The summed E-state index contributed by atoms with van der Waals surface area (Å²) in [5, 5.41) is 22.7. The van der Waals surface area contributed by atoms with E-state index >= 15 is 0 Å². The molecule has 0 saturated carbocycles. The van der Waals surface area contributed by atoms with Gasteiger partial charge in [-0.25, -0.2) is 9.59 Å². The minimum Gasteiger partial charge on any atom is -0.507 e. The number of hydrogen-bond donors (Lipinski definition) is 2. The number of carbonyl (C=O) groups is 3. The van der Waals surface area contributed by atoms with Gasteiger partial charge in [0.25, 0.3) is 0 Å². The van der Waals surface area contributed by atoms with E-state index in [0.29, 0.717) is 56.3 Å². The van der Waals surface area contributed by atoms with Crippen LogP contribution in [-0.4, -0.2) is 106 Å². The Bertz CT molecular complexity index is 1700. The predicted molar refractivity (Wildman–Crippen MR) is 210 cm³/mol. The first kappa shape index (κ1) is 40.5. The molecule has 0 unspecified atom stereocenters. The Morgan fingerprint density at radius 1 is 0.815 bits per heavy atom. The van der Waals surface area contributed by atoms with Gasteiger partial charge in [-0.3, -0.25) is 4.79 Å². The molecule has 0 radical (unpaired) electrons. The minimum atomic E-state index is -0.472. The molecule has 292 valence electrons. The molecule has 3 aliphatic rings. The molecular formula is C42H58N6O6. The van der Waals surface area contributed by atoms with Gasteiger partial charge in [-0.05, 0) is 91.0 Å². The average molecular weight is 743 g/mol. The van der Waals surface area contributed by atoms with Crippen molar-refractivity contribution >= 4 is 23.7 Å². The second-order valence-corrected chi connectivity index (χ2v) is 16.6. The van der Waals surface area contributed by atoms with E-state index in [2.05, 4.69) is 50.7 Å². The summed E-state index contributed by atoms with van der Waals surface area (Å²) in [6.45, 7) is 16.4. The van der Waals surface area contributed by atoms with Crippen molar-refractivity contribution in [1.82, 2.24) is 25.3 Å². The fraction of sp³-hybridized carbons (Fsp3) is 0.548. The molecule has 12 nitrogen and oxygen atoms in total. The van der Waals surface area contributed by atoms with Crippen LogP contribution in [0.4, 0.5) is 15.3 Å². The standard InChI is InChI=1S/C32H41N5O3.C10H17NO3/c1-31(2,3)40-30(39)37-17-13-25(14-18-37)33-23-32(24-9-5-4-6-10-24)15-19-36(20-16-32)26-21-28(35-34-22-26)27-11-7-8-12-29(27)38;1-10(2,3)14-9(13)11-6-4-8(12)5-7-11/h4-12,21-22,25,33,38H,13-20,23H2,1-3H3;4-7H2,1-3H3. The number of aromatic nitrogens is 2. The number of aromatic hydroxyl groups is 1.